The Bertz CT molecular complexity index is 759. The van der Waals surface area contributed by atoms with Crippen LogP contribution >= 0.6 is 11.6 Å². The van der Waals surface area contributed by atoms with Crippen molar-refractivity contribution in [3.05, 3.63) is 64.7 Å². The Kier molecular flexibility index (Phi) is 5.92. The number of hydrogen-bond donors (Lipinski definition) is 2. The summed E-state index contributed by atoms with van der Waals surface area (Å²) in [5.74, 6) is -1.29. The number of methoxy groups -OCH3 is 1. The van der Waals surface area contributed by atoms with Gasteiger partial charge in [0.2, 0.25) is 0 Å². The van der Waals surface area contributed by atoms with Gasteiger partial charge in [0.05, 0.1) is 17.7 Å². The molecule has 24 heavy (non-hydrogen) atoms. The zero-order valence-corrected chi connectivity index (χ0v) is 13.6. The van der Waals surface area contributed by atoms with Gasteiger partial charge in [-0.2, -0.15) is 0 Å². The van der Waals surface area contributed by atoms with Crippen LogP contribution in [0.1, 0.15) is 20.7 Å². The summed E-state index contributed by atoms with van der Waals surface area (Å²) in [6.45, 7) is -0.208. The minimum atomic E-state index is -0.535. The van der Waals surface area contributed by atoms with E-state index in [1.165, 1.54) is 19.2 Å². The van der Waals surface area contributed by atoms with Gasteiger partial charge in [-0.05, 0) is 36.4 Å². The first-order chi connectivity index (χ1) is 11.5. The molecule has 0 bridgehead atoms. The molecule has 2 amide bonds. The lowest BCUT2D eigenvalue weighted by Crippen LogP contribution is -2.30. The normalized spacial score (nSPS) is 9.92. The number of ether oxygens (including phenoxy) is 1. The maximum atomic E-state index is 12.1. The van der Waals surface area contributed by atoms with Crippen molar-refractivity contribution in [1.82, 2.24) is 5.32 Å². The van der Waals surface area contributed by atoms with Gasteiger partial charge < -0.3 is 15.4 Å². The van der Waals surface area contributed by atoms with E-state index in [0.717, 1.165) is 0 Å². The summed E-state index contributed by atoms with van der Waals surface area (Å²) >= 11 is 5.97. The summed E-state index contributed by atoms with van der Waals surface area (Å²) in [4.78, 5) is 35.0. The molecule has 2 rings (SSSR count). The fraction of sp³-hybridized carbons (Fsp3) is 0.118. The Morgan fingerprint density at radius 2 is 1.67 bits per heavy atom. The third-order valence-corrected chi connectivity index (χ3v) is 3.47. The van der Waals surface area contributed by atoms with Gasteiger partial charge in [0, 0.05) is 11.3 Å². The van der Waals surface area contributed by atoms with Crippen molar-refractivity contribution in [2.45, 2.75) is 0 Å². The summed E-state index contributed by atoms with van der Waals surface area (Å²) in [5, 5.41) is 5.48. The number of halogens is 1. The van der Waals surface area contributed by atoms with Crippen LogP contribution in [0, 0.1) is 0 Å². The third kappa shape index (κ3) is 4.57. The van der Waals surface area contributed by atoms with Crippen molar-refractivity contribution in [2.75, 3.05) is 19.0 Å². The molecule has 2 aromatic rings. The second-order valence-electron chi connectivity index (χ2n) is 4.77. The van der Waals surface area contributed by atoms with E-state index in [0.29, 0.717) is 21.8 Å². The third-order valence-electron chi connectivity index (χ3n) is 3.14. The van der Waals surface area contributed by atoms with Gasteiger partial charge in [0.1, 0.15) is 6.54 Å². The van der Waals surface area contributed by atoms with Crippen LogP contribution in [-0.2, 0) is 9.53 Å². The predicted octanol–water partition coefficient (Wildman–Crippen LogP) is 2.50. The van der Waals surface area contributed by atoms with E-state index in [-0.39, 0.29) is 12.5 Å². The van der Waals surface area contributed by atoms with Crippen LogP contribution in [0.25, 0.3) is 0 Å². The first kappa shape index (κ1) is 17.5. The van der Waals surface area contributed by atoms with Crippen molar-refractivity contribution in [3.8, 4) is 0 Å². The molecule has 0 aromatic heterocycles. The van der Waals surface area contributed by atoms with E-state index in [2.05, 4.69) is 15.4 Å². The maximum absolute atomic E-state index is 12.1. The molecule has 0 saturated heterocycles. The molecule has 7 heteroatoms. The Morgan fingerprint density at radius 1 is 1.00 bits per heavy atom. The molecule has 0 radical (unpaired) electrons. The maximum Gasteiger partial charge on any atom is 0.325 e. The zero-order valence-electron chi connectivity index (χ0n) is 12.8. The molecular formula is C17H15ClN2O4. The molecule has 124 valence electrons. The van der Waals surface area contributed by atoms with Gasteiger partial charge in [-0.3, -0.25) is 14.4 Å². The number of rotatable bonds is 5. The number of amides is 2. The summed E-state index contributed by atoms with van der Waals surface area (Å²) in [6.07, 6.45) is 0. The highest BCUT2D eigenvalue weighted by Gasteiger charge is 2.11. The smallest absolute Gasteiger partial charge is 0.325 e. The van der Waals surface area contributed by atoms with Crippen LogP contribution in [0.3, 0.4) is 0 Å². The Labute approximate surface area is 143 Å². The number of carbonyl (C=O) groups is 3. The zero-order chi connectivity index (χ0) is 17.5. The van der Waals surface area contributed by atoms with E-state index in [1.54, 1.807) is 36.4 Å². The molecule has 2 N–H and O–H groups in total. The molecule has 0 heterocycles. The SMILES string of the molecule is COC(=O)CNC(=O)c1ccc(NC(=O)c2ccccc2Cl)cc1. The molecule has 2 aromatic carbocycles. The number of nitrogens with one attached hydrogen (secondary N) is 2. The summed E-state index contributed by atoms with van der Waals surface area (Å²) in [6, 6.07) is 12.9. The number of benzene rings is 2. The summed E-state index contributed by atoms with van der Waals surface area (Å²) in [5.41, 5.74) is 1.23. The van der Waals surface area contributed by atoms with E-state index < -0.39 is 11.9 Å². The van der Waals surface area contributed by atoms with Crippen LogP contribution in [0.15, 0.2) is 48.5 Å². The van der Waals surface area contributed by atoms with E-state index in [1.807, 2.05) is 0 Å². The Morgan fingerprint density at radius 3 is 2.29 bits per heavy atom. The highest BCUT2D eigenvalue weighted by atomic mass is 35.5. The molecule has 6 nitrogen and oxygen atoms in total. The standard InChI is InChI=1S/C17H15ClN2O4/c1-24-15(21)10-19-16(22)11-6-8-12(9-7-11)20-17(23)13-4-2-3-5-14(13)18/h2-9H,10H2,1H3,(H,19,22)(H,20,23). The average Bonchev–Trinajstić information content (AvgIpc) is 2.60. The van der Waals surface area contributed by atoms with Gasteiger partial charge in [-0.15, -0.1) is 0 Å². The molecule has 0 atom stereocenters. The Hall–Kier alpha value is -2.86. The van der Waals surface area contributed by atoms with Crippen molar-refractivity contribution in [1.29, 1.82) is 0 Å². The Balaban J connectivity index is 1.99. The van der Waals surface area contributed by atoms with E-state index in [4.69, 9.17) is 11.6 Å². The fourth-order valence-electron chi connectivity index (χ4n) is 1.88. The highest BCUT2D eigenvalue weighted by molar-refractivity contribution is 6.34. The fourth-order valence-corrected chi connectivity index (χ4v) is 2.10. The number of hydrogen-bond acceptors (Lipinski definition) is 4. The summed E-state index contributed by atoms with van der Waals surface area (Å²) < 4.78 is 4.44. The minimum absolute atomic E-state index is 0.208. The first-order valence-electron chi connectivity index (χ1n) is 7.02. The van der Waals surface area contributed by atoms with E-state index >= 15 is 0 Å². The number of esters is 1. The van der Waals surface area contributed by atoms with Crippen LogP contribution in [0.5, 0.6) is 0 Å². The van der Waals surface area contributed by atoms with Gasteiger partial charge in [0.15, 0.2) is 0 Å². The van der Waals surface area contributed by atoms with Crippen LogP contribution in [-0.4, -0.2) is 31.4 Å². The molecular weight excluding hydrogens is 332 g/mol. The first-order valence-corrected chi connectivity index (χ1v) is 7.40. The molecule has 0 spiro atoms. The molecule has 0 aliphatic carbocycles. The number of anilines is 1. The quantitative estimate of drug-likeness (QED) is 0.815. The topological polar surface area (TPSA) is 84.5 Å². The van der Waals surface area contributed by atoms with Crippen LogP contribution < -0.4 is 10.6 Å². The molecule has 0 aliphatic rings. The lowest BCUT2D eigenvalue weighted by molar-refractivity contribution is -0.139. The lowest BCUT2D eigenvalue weighted by atomic mass is 10.1. The van der Waals surface area contributed by atoms with E-state index in [9.17, 15) is 14.4 Å². The lowest BCUT2D eigenvalue weighted by Gasteiger charge is -2.08. The van der Waals surface area contributed by atoms with Crippen molar-refractivity contribution in [2.24, 2.45) is 0 Å². The van der Waals surface area contributed by atoms with Crippen molar-refractivity contribution in [3.63, 3.8) is 0 Å². The van der Waals surface area contributed by atoms with Crippen molar-refractivity contribution >= 4 is 35.1 Å². The molecule has 0 aliphatic heterocycles. The molecule has 0 saturated carbocycles. The highest BCUT2D eigenvalue weighted by Crippen LogP contribution is 2.17. The van der Waals surface area contributed by atoms with Gasteiger partial charge in [0.25, 0.3) is 11.8 Å². The van der Waals surface area contributed by atoms with Crippen LogP contribution in [0.2, 0.25) is 5.02 Å². The van der Waals surface area contributed by atoms with Gasteiger partial charge in [-0.1, -0.05) is 23.7 Å². The van der Waals surface area contributed by atoms with Crippen molar-refractivity contribution < 1.29 is 19.1 Å². The van der Waals surface area contributed by atoms with Crippen LogP contribution in [0.4, 0.5) is 5.69 Å². The molecule has 0 unspecified atom stereocenters. The second-order valence-corrected chi connectivity index (χ2v) is 5.18. The monoisotopic (exact) mass is 346 g/mol. The predicted molar refractivity (Wildman–Crippen MR) is 90.2 cm³/mol. The van der Waals surface area contributed by atoms with Gasteiger partial charge in [-0.25, -0.2) is 0 Å². The second kappa shape index (κ2) is 8.12. The van der Waals surface area contributed by atoms with Gasteiger partial charge >= 0.3 is 5.97 Å². The largest absolute Gasteiger partial charge is 0.468 e. The average molecular weight is 347 g/mol. The summed E-state index contributed by atoms with van der Waals surface area (Å²) in [7, 11) is 1.24. The number of carbonyl (C=O) groups excluding carboxylic acids is 3. The minimum Gasteiger partial charge on any atom is -0.468 e. The molecule has 0 fully saturated rings.